The highest BCUT2D eigenvalue weighted by molar-refractivity contribution is 7.89. The number of fused-ring (bicyclic) bond motifs is 1. The summed E-state index contributed by atoms with van der Waals surface area (Å²) < 4.78 is 25.5. The van der Waals surface area contributed by atoms with Crippen molar-refractivity contribution >= 4 is 43.2 Å². The molecular weight excluding hydrogens is 396 g/mol. The summed E-state index contributed by atoms with van der Waals surface area (Å²) in [5.41, 5.74) is 2.10. The zero-order valence-electron chi connectivity index (χ0n) is 15.3. The molecule has 0 bridgehead atoms. The van der Waals surface area contributed by atoms with Gasteiger partial charge in [-0.3, -0.25) is 4.79 Å². The number of aromatic nitrogens is 1. The number of thiazole rings is 1. The molecule has 7 nitrogen and oxygen atoms in total. The van der Waals surface area contributed by atoms with Crippen LogP contribution in [0.1, 0.15) is 10.4 Å². The van der Waals surface area contributed by atoms with Crippen LogP contribution in [-0.2, 0) is 16.6 Å². The molecule has 0 fully saturated rings. The molecular formula is C19H18N4O3S2. The van der Waals surface area contributed by atoms with Gasteiger partial charge in [0.1, 0.15) is 0 Å². The normalized spacial score (nSPS) is 12.1. The summed E-state index contributed by atoms with van der Waals surface area (Å²) in [4.78, 5) is 19.1. The Labute approximate surface area is 166 Å². The Morgan fingerprint density at radius 2 is 1.93 bits per heavy atom. The van der Waals surface area contributed by atoms with E-state index < -0.39 is 15.9 Å². The van der Waals surface area contributed by atoms with Gasteiger partial charge in [0.15, 0.2) is 4.80 Å². The fraction of sp³-hybridized carbons (Fsp3) is 0.158. The summed E-state index contributed by atoms with van der Waals surface area (Å²) in [6, 6.07) is 11.6. The lowest BCUT2D eigenvalue weighted by molar-refractivity contribution is 0.0998. The van der Waals surface area contributed by atoms with Gasteiger partial charge >= 0.3 is 0 Å². The van der Waals surface area contributed by atoms with E-state index in [1.807, 2.05) is 31.1 Å². The Bertz CT molecular complexity index is 1260. The number of sulfonamides is 1. The van der Waals surface area contributed by atoms with Gasteiger partial charge in [-0.2, -0.15) is 4.99 Å². The number of terminal acetylenes is 1. The minimum absolute atomic E-state index is 0.00809. The SMILES string of the molecule is C#CCn1c(=NC(=O)c2ccc(N(C)C)cc2)sc2cc(S(N)(=O)=O)ccc21. The number of hydrogen-bond acceptors (Lipinski definition) is 5. The molecule has 1 aromatic heterocycles. The van der Waals surface area contributed by atoms with Crippen molar-refractivity contribution < 1.29 is 13.2 Å². The summed E-state index contributed by atoms with van der Waals surface area (Å²) in [6.07, 6.45) is 5.45. The van der Waals surface area contributed by atoms with Crippen molar-refractivity contribution in [3.8, 4) is 12.3 Å². The van der Waals surface area contributed by atoms with Gasteiger partial charge in [-0.05, 0) is 42.5 Å². The molecule has 3 aromatic rings. The third kappa shape index (κ3) is 3.99. The average Bonchev–Trinajstić information content (AvgIpc) is 2.98. The highest BCUT2D eigenvalue weighted by Gasteiger charge is 2.13. The van der Waals surface area contributed by atoms with E-state index in [4.69, 9.17) is 11.6 Å². The molecule has 1 amide bonds. The van der Waals surface area contributed by atoms with Crippen LogP contribution in [0, 0.1) is 12.3 Å². The first-order valence-electron chi connectivity index (χ1n) is 8.17. The molecule has 0 radical (unpaired) electrons. The topological polar surface area (TPSA) is 97.8 Å². The number of carbonyl (C=O) groups is 1. The van der Waals surface area contributed by atoms with Gasteiger partial charge < -0.3 is 9.47 Å². The van der Waals surface area contributed by atoms with Crippen LogP contribution in [0.25, 0.3) is 10.2 Å². The summed E-state index contributed by atoms with van der Waals surface area (Å²) in [5.74, 6) is 2.12. The molecule has 9 heteroatoms. The number of nitrogens with two attached hydrogens (primary N) is 1. The minimum Gasteiger partial charge on any atom is -0.378 e. The maximum absolute atomic E-state index is 12.6. The number of amides is 1. The monoisotopic (exact) mass is 414 g/mol. The summed E-state index contributed by atoms with van der Waals surface area (Å²) in [7, 11) is -0.00454. The van der Waals surface area contributed by atoms with Crippen molar-refractivity contribution in [2.24, 2.45) is 10.1 Å². The van der Waals surface area contributed by atoms with Crippen LogP contribution in [0.3, 0.4) is 0 Å². The van der Waals surface area contributed by atoms with Gasteiger partial charge in [0.05, 0.1) is 21.7 Å². The standard InChI is InChI=1S/C19H18N4O3S2/c1-4-11-23-16-10-9-15(28(20,25)26)12-17(16)27-19(23)21-18(24)13-5-7-14(8-6-13)22(2)3/h1,5-10,12H,11H2,2-3H3,(H2,20,25,26). The lowest BCUT2D eigenvalue weighted by Gasteiger charge is -2.11. The molecule has 144 valence electrons. The predicted octanol–water partition coefficient (Wildman–Crippen LogP) is 1.79. The second-order valence-corrected chi connectivity index (χ2v) is 8.78. The fourth-order valence-corrected chi connectivity index (χ4v) is 4.29. The van der Waals surface area contributed by atoms with E-state index in [0.29, 0.717) is 20.6 Å². The Morgan fingerprint density at radius 1 is 1.25 bits per heavy atom. The number of benzene rings is 2. The molecule has 0 saturated heterocycles. The molecule has 0 atom stereocenters. The molecule has 0 aliphatic rings. The second kappa shape index (κ2) is 7.59. The van der Waals surface area contributed by atoms with Crippen molar-refractivity contribution in [2.75, 3.05) is 19.0 Å². The number of carbonyl (C=O) groups excluding carboxylic acids is 1. The van der Waals surface area contributed by atoms with Gasteiger partial charge in [0.2, 0.25) is 10.0 Å². The summed E-state index contributed by atoms with van der Waals surface area (Å²) in [5, 5.41) is 5.20. The highest BCUT2D eigenvalue weighted by Crippen LogP contribution is 2.21. The maximum atomic E-state index is 12.6. The third-order valence-corrected chi connectivity index (χ3v) is 6.01. The summed E-state index contributed by atoms with van der Waals surface area (Å²) >= 11 is 1.18. The number of hydrogen-bond donors (Lipinski definition) is 1. The average molecular weight is 415 g/mol. The zero-order chi connectivity index (χ0) is 20.5. The van der Waals surface area contributed by atoms with E-state index in [-0.39, 0.29) is 11.4 Å². The van der Waals surface area contributed by atoms with Crippen molar-refractivity contribution in [1.82, 2.24) is 4.57 Å². The molecule has 0 aliphatic carbocycles. The first-order valence-corrected chi connectivity index (χ1v) is 10.5. The van der Waals surface area contributed by atoms with Crippen LogP contribution in [0.5, 0.6) is 0 Å². The fourth-order valence-electron chi connectivity index (χ4n) is 2.61. The summed E-state index contributed by atoms with van der Waals surface area (Å²) in [6.45, 7) is 0.195. The van der Waals surface area contributed by atoms with E-state index in [1.165, 1.54) is 23.5 Å². The lowest BCUT2D eigenvalue weighted by Crippen LogP contribution is -2.16. The van der Waals surface area contributed by atoms with Crippen molar-refractivity contribution in [2.45, 2.75) is 11.4 Å². The quantitative estimate of drug-likeness (QED) is 0.658. The number of rotatable bonds is 4. The third-order valence-electron chi connectivity index (χ3n) is 4.06. The first-order chi connectivity index (χ1) is 13.2. The van der Waals surface area contributed by atoms with Gasteiger partial charge in [0.25, 0.3) is 5.91 Å². The van der Waals surface area contributed by atoms with E-state index >= 15 is 0 Å². The van der Waals surface area contributed by atoms with Crippen LogP contribution >= 0.6 is 11.3 Å². The van der Waals surface area contributed by atoms with E-state index in [2.05, 4.69) is 10.9 Å². The molecule has 1 heterocycles. The van der Waals surface area contributed by atoms with Crippen LogP contribution in [0.2, 0.25) is 0 Å². The van der Waals surface area contributed by atoms with Crippen molar-refractivity contribution in [3.63, 3.8) is 0 Å². The molecule has 0 aliphatic heterocycles. The van der Waals surface area contributed by atoms with Gasteiger partial charge in [-0.25, -0.2) is 13.6 Å². The van der Waals surface area contributed by atoms with Crippen molar-refractivity contribution in [3.05, 3.63) is 52.8 Å². The minimum atomic E-state index is -3.83. The van der Waals surface area contributed by atoms with Gasteiger partial charge in [-0.1, -0.05) is 17.3 Å². The van der Waals surface area contributed by atoms with Crippen LogP contribution in [-0.4, -0.2) is 33.0 Å². The molecule has 2 aromatic carbocycles. The smallest absolute Gasteiger partial charge is 0.279 e. The van der Waals surface area contributed by atoms with Crippen molar-refractivity contribution in [1.29, 1.82) is 0 Å². The van der Waals surface area contributed by atoms with E-state index in [9.17, 15) is 13.2 Å². The number of nitrogens with zero attached hydrogens (tertiary/aromatic N) is 3. The number of primary sulfonamides is 1. The Morgan fingerprint density at radius 3 is 2.50 bits per heavy atom. The van der Waals surface area contributed by atoms with Gasteiger partial charge in [0, 0.05) is 25.3 Å². The second-order valence-electron chi connectivity index (χ2n) is 6.21. The highest BCUT2D eigenvalue weighted by atomic mass is 32.2. The van der Waals surface area contributed by atoms with Gasteiger partial charge in [-0.15, -0.1) is 6.42 Å². The maximum Gasteiger partial charge on any atom is 0.279 e. The van der Waals surface area contributed by atoms with Crippen LogP contribution in [0.4, 0.5) is 5.69 Å². The zero-order valence-corrected chi connectivity index (χ0v) is 16.9. The molecule has 0 saturated carbocycles. The van der Waals surface area contributed by atoms with E-state index in [0.717, 1.165) is 5.69 Å². The Kier molecular flexibility index (Phi) is 5.38. The molecule has 0 unspecified atom stereocenters. The lowest BCUT2D eigenvalue weighted by atomic mass is 10.2. The first kappa shape index (κ1) is 19.8. The predicted molar refractivity (Wildman–Crippen MR) is 111 cm³/mol. The van der Waals surface area contributed by atoms with Crippen LogP contribution < -0.4 is 14.8 Å². The Balaban J connectivity index is 2.11. The Hall–Kier alpha value is -2.93. The molecule has 28 heavy (non-hydrogen) atoms. The molecule has 3 rings (SSSR count). The number of anilines is 1. The van der Waals surface area contributed by atoms with E-state index in [1.54, 1.807) is 22.8 Å². The molecule has 0 spiro atoms. The largest absolute Gasteiger partial charge is 0.378 e. The van der Waals surface area contributed by atoms with Crippen LogP contribution in [0.15, 0.2) is 52.4 Å². The molecule has 2 N–H and O–H groups in total.